The van der Waals surface area contributed by atoms with E-state index in [1.165, 1.54) is 10.5 Å². The van der Waals surface area contributed by atoms with Gasteiger partial charge in [-0.3, -0.25) is 19.0 Å². The molecule has 14 nitrogen and oxygen atoms in total. The second kappa shape index (κ2) is 14.9. The fourth-order valence-electron chi connectivity index (χ4n) is 5.86. The Morgan fingerprint density at radius 3 is 2.36 bits per heavy atom. The van der Waals surface area contributed by atoms with Crippen LogP contribution in [0.1, 0.15) is 42.1 Å². The topological polar surface area (TPSA) is 150 Å². The maximum absolute atomic E-state index is 14.0. The van der Waals surface area contributed by atoms with Gasteiger partial charge in [0, 0.05) is 51.5 Å². The Labute approximate surface area is 276 Å². The van der Waals surface area contributed by atoms with E-state index in [2.05, 4.69) is 14.8 Å². The number of ether oxygens (including phenoxy) is 5. The summed E-state index contributed by atoms with van der Waals surface area (Å²) in [6.07, 6.45) is 2.32. The predicted molar refractivity (Wildman–Crippen MR) is 172 cm³/mol. The summed E-state index contributed by atoms with van der Waals surface area (Å²) in [6.45, 7) is 11.5. The van der Waals surface area contributed by atoms with Crippen LogP contribution in [0.5, 0.6) is 17.4 Å². The molecule has 2 saturated heterocycles. The van der Waals surface area contributed by atoms with E-state index in [4.69, 9.17) is 23.7 Å². The number of rotatable bonds is 13. The number of amides is 1. The van der Waals surface area contributed by atoms with E-state index in [0.29, 0.717) is 50.0 Å². The lowest BCUT2D eigenvalue weighted by Gasteiger charge is -2.30. The molecule has 0 radical (unpaired) electrons. The molecule has 3 aromatic rings. The average molecular weight is 672 g/mol. The maximum Gasteiger partial charge on any atom is 0.398 e. The van der Waals surface area contributed by atoms with E-state index >= 15 is 0 Å². The second-order valence-corrected chi connectivity index (χ2v) is 13.5. The quantitative estimate of drug-likeness (QED) is 0.113. The highest BCUT2D eigenvalue weighted by molar-refractivity contribution is 7.86. The number of hydroxylamine groups is 2. The molecule has 5 heterocycles. The highest BCUT2D eigenvalue weighted by atomic mass is 32.2. The largest absolute Gasteiger partial charge is 0.576 e. The molecule has 2 unspecified atom stereocenters. The Morgan fingerprint density at radius 2 is 1.66 bits per heavy atom. The van der Waals surface area contributed by atoms with Gasteiger partial charge in [0.05, 0.1) is 39.1 Å². The lowest BCUT2D eigenvalue weighted by molar-refractivity contribution is -0.683. The molecule has 0 saturated carbocycles. The molecule has 0 spiro atoms. The average Bonchev–Trinajstić information content (AvgIpc) is 3.27. The molecule has 47 heavy (non-hydrogen) atoms. The maximum atomic E-state index is 14.0. The van der Waals surface area contributed by atoms with Crippen LogP contribution in [0.4, 0.5) is 0 Å². The van der Waals surface area contributed by atoms with Gasteiger partial charge >= 0.3 is 5.91 Å². The molecule has 6 rings (SSSR count). The Hall–Kier alpha value is -3.28. The first kappa shape index (κ1) is 33.6. The van der Waals surface area contributed by atoms with E-state index < -0.39 is 33.6 Å². The second-order valence-electron chi connectivity index (χ2n) is 12.0. The molecular formula is C32H41N5O9S. The van der Waals surface area contributed by atoms with Crippen molar-refractivity contribution < 1.29 is 37.1 Å². The van der Waals surface area contributed by atoms with Crippen LogP contribution < -0.4 is 19.8 Å². The monoisotopic (exact) mass is 671 g/mol. The Morgan fingerprint density at radius 1 is 0.957 bits per heavy atom. The van der Waals surface area contributed by atoms with E-state index in [-0.39, 0.29) is 27.9 Å². The molecular weight excluding hydrogens is 630 g/mol. The summed E-state index contributed by atoms with van der Waals surface area (Å²) in [7, 11) is 0. The van der Waals surface area contributed by atoms with Gasteiger partial charge in [0.25, 0.3) is 12.3 Å². The molecule has 254 valence electrons. The van der Waals surface area contributed by atoms with Gasteiger partial charge in [0.1, 0.15) is 17.9 Å². The number of aromatic nitrogens is 2. The fraction of sp³-hybridized carbons (Fsp3) is 0.531. The van der Waals surface area contributed by atoms with Crippen molar-refractivity contribution >= 4 is 22.9 Å². The Kier molecular flexibility index (Phi) is 10.6. The normalized spacial score (nSPS) is 22.1. The summed E-state index contributed by atoms with van der Waals surface area (Å²) in [5.41, 5.74) is 0.448. The van der Waals surface area contributed by atoms with Crippen molar-refractivity contribution in [3.63, 3.8) is 0 Å². The molecule has 15 heteroatoms. The minimum Gasteiger partial charge on any atom is -0.576 e. The lowest BCUT2D eigenvalue weighted by Crippen LogP contribution is -2.50. The number of carbonyl (C=O) groups is 1. The fourth-order valence-corrected chi connectivity index (χ4v) is 7.16. The SMILES string of the molecule is CC(C)c1cc(OCCN2CCOCC2)cc2c1C(=O)[N+]([O-])(COc1cc(=O)n3cccc(OCCCN4CCOCC4)c3n1)[S+]2[O-]. The molecule has 1 aromatic carbocycles. The summed E-state index contributed by atoms with van der Waals surface area (Å²) in [4.78, 5) is 35.6. The molecule has 2 fully saturated rings. The highest BCUT2D eigenvalue weighted by Crippen LogP contribution is 2.42. The van der Waals surface area contributed by atoms with Crippen LogP contribution >= 0.6 is 0 Å². The van der Waals surface area contributed by atoms with Crippen LogP contribution in [0.2, 0.25) is 0 Å². The number of pyridine rings is 1. The van der Waals surface area contributed by atoms with Crippen molar-refractivity contribution in [2.45, 2.75) is 31.1 Å². The van der Waals surface area contributed by atoms with Gasteiger partial charge in [0.2, 0.25) is 22.1 Å². The van der Waals surface area contributed by atoms with Gasteiger partial charge in [-0.05, 0) is 36.1 Å². The van der Waals surface area contributed by atoms with Gasteiger partial charge in [-0.1, -0.05) is 17.9 Å². The number of hydrogen-bond acceptors (Lipinski definition) is 12. The van der Waals surface area contributed by atoms with Crippen molar-refractivity contribution in [3.05, 3.63) is 63.2 Å². The number of quaternary nitrogens is 1. The van der Waals surface area contributed by atoms with Crippen LogP contribution in [0.3, 0.4) is 0 Å². The van der Waals surface area contributed by atoms with E-state index in [1.54, 1.807) is 24.4 Å². The van der Waals surface area contributed by atoms with Gasteiger partial charge in [-0.2, -0.15) is 4.98 Å². The zero-order chi connectivity index (χ0) is 33.0. The number of carbonyl (C=O) groups excluding carboxylic acids is 1. The van der Waals surface area contributed by atoms with Gasteiger partial charge in [-0.25, -0.2) is 4.79 Å². The molecule has 0 aliphatic carbocycles. The smallest absolute Gasteiger partial charge is 0.398 e. The van der Waals surface area contributed by atoms with Crippen molar-refractivity contribution in [1.82, 2.24) is 19.2 Å². The molecule has 2 aromatic heterocycles. The Bertz CT molecular complexity index is 1630. The minimum absolute atomic E-state index is 0.112. The van der Waals surface area contributed by atoms with Crippen molar-refractivity contribution in [2.24, 2.45) is 0 Å². The lowest BCUT2D eigenvalue weighted by atomic mass is 9.96. The van der Waals surface area contributed by atoms with Crippen molar-refractivity contribution in [1.29, 1.82) is 0 Å². The molecule has 3 aliphatic heterocycles. The number of benzene rings is 1. The first-order valence-corrected chi connectivity index (χ1v) is 17.1. The third kappa shape index (κ3) is 7.42. The molecule has 1 amide bonds. The highest BCUT2D eigenvalue weighted by Gasteiger charge is 2.56. The summed E-state index contributed by atoms with van der Waals surface area (Å²) >= 11 is -2.34. The van der Waals surface area contributed by atoms with Gasteiger partial charge in [-0.15, -0.1) is 0 Å². The van der Waals surface area contributed by atoms with E-state index in [1.807, 2.05) is 13.8 Å². The van der Waals surface area contributed by atoms with Crippen LogP contribution in [-0.4, -0.2) is 119 Å². The summed E-state index contributed by atoms with van der Waals surface area (Å²) in [5, 5.41) is 14.0. The third-order valence-electron chi connectivity index (χ3n) is 8.48. The number of fused-ring (bicyclic) bond motifs is 2. The van der Waals surface area contributed by atoms with Crippen molar-refractivity contribution in [2.75, 3.05) is 85.6 Å². The molecule has 0 N–H and O–H groups in total. The third-order valence-corrected chi connectivity index (χ3v) is 9.99. The van der Waals surface area contributed by atoms with Crippen LogP contribution in [-0.2, 0) is 20.8 Å². The molecule has 3 aliphatic rings. The number of nitrogens with zero attached hydrogens (tertiary/aromatic N) is 5. The summed E-state index contributed by atoms with van der Waals surface area (Å²) in [5.74, 6) is -0.375. The zero-order valence-corrected chi connectivity index (χ0v) is 27.6. The van der Waals surface area contributed by atoms with Gasteiger partial charge < -0.3 is 33.4 Å². The minimum atomic E-state index is -2.34. The van der Waals surface area contributed by atoms with Crippen LogP contribution in [0.15, 0.2) is 46.2 Å². The predicted octanol–water partition coefficient (Wildman–Crippen LogP) is 2.16. The zero-order valence-electron chi connectivity index (χ0n) is 26.8. The molecule has 0 bridgehead atoms. The molecule has 2 atom stereocenters. The first-order chi connectivity index (χ1) is 22.7. The summed E-state index contributed by atoms with van der Waals surface area (Å²) in [6, 6.07) is 7.75. The van der Waals surface area contributed by atoms with Crippen molar-refractivity contribution in [3.8, 4) is 17.4 Å². The van der Waals surface area contributed by atoms with E-state index in [0.717, 1.165) is 58.4 Å². The standard InChI is InChI=1S/C32H41N5O9S/c1-23(2)25-19-24(44-18-12-35-10-16-43-17-11-35)20-27-30(25)32(39)37(40,47(27)41)22-46-28-21-29(38)36-7-3-5-26(31(36)33-28)45-13-4-6-34-8-14-42-15-9-34/h3,5,7,19-21,23H,4,6,8-18,22H2,1-2H3. The van der Waals surface area contributed by atoms with E-state index in [9.17, 15) is 19.3 Å². The van der Waals surface area contributed by atoms with Crippen LogP contribution in [0.25, 0.3) is 5.65 Å². The Balaban J connectivity index is 1.15. The first-order valence-electron chi connectivity index (χ1n) is 16.0. The van der Waals surface area contributed by atoms with Gasteiger partial charge in [0.15, 0.2) is 11.4 Å². The number of hydrogen-bond donors (Lipinski definition) is 0. The summed E-state index contributed by atoms with van der Waals surface area (Å²) < 4.78 is 41.6. The van der Waals surface area contributed by atoms with Crippen LogP contribution in [0, 0.1) is 5.21 Å². The number of morpholine rings is 2.